The third kappa shape index (κ3) is 3.48. The minimum absolute atomic E-state index is 0.0395. The number of carbonyl (C=O) groups is 1. The topological polar surface area (TPSA) is 57.5 Å². The average Bonchev–Trinajstić information content (AvgIpc) is 2.75. The molecule has 152 valence electrons. The summed E-state index contributed by atoms with van der Waals surface area (Å²) in [4.78, 5) is 13.8. The summed E-state index contributed by atoms with van der Waals surface area (Å²) in [5.74, 6) is -0.986. The zero-order valence-electron chi connectivity index (χ0n) is 16.8. The Morgan fingerprint density at radius 3 is 1.43 bits per heavy atom. The molecule has 0 bridgehead atoms. The molecule has 2 N–H and O–H groups in total. The van der Waals surface area contributed by atoms with Gasteiger partial charge >= 0.3 is 0 Å². The molecule has 2 fully saturated rings. The molecule has 0 saturated heterocycles. The van der Waals surface area contributed by atoms with Gasteiger partial charge in [-0.3, -0.25) is 4.79 Å². The second-order valence-electron chi connectivity index (χ2n) is 9.29. The Morgan fingerprint density at radius 2 is 1.04 bits per heavy atom. The molecule has 0 aromatic rings. The molecule has 0 aromatic carbocycles. The van der Waals surface area contributed by atoms with E-state index in [2.05, 4.69) is 0 Å². The van der Waals surface area contributed by atoms with Gasteiger partial charge in [-0.25, -0.2) is 0 Å². The van der Waals surface area contributed by atoms with Crippen LogP contribution in [0.25, 0.3) is 0 Å². The Balaban J connectivity index is 1.62. The van der Waals surface area contributed by atoms with E-state index in [1.165, 1.54) is 12.8 Å². The molecule has 0 aliphatic heterocycles. The van der Waals surface area contributed by atoms with Crippen molar-refractivity contribution >= 4 is 5.78 Å². The molecule has 4 rings (SSSR count). The number of carbonyl (C=O) groups excluding carboxylic acids is 1. The van der Waals surface area contributed by atoms with Gasteiger partial charge in [-0.1, -0.05) is 87.1 Å². The van der Waals surface area contributed by atoms with Crippen molar-refractivity contribution in [2.45, 2.75) is 75.4 Å². The van der Waals surface area contributed by atoms with E-state index < -0.39 is 23.0 Å². The van der Waals surface area contributed by atoms with E-state index in [-0.39, 0.29) is 17.6 Å². The summed E-state index contributed by atoms with van der Waals surface area (Å²) in [6, 6.07) is 0. The molecule has 0 heterocycles. The van der Waals surface area contributed by atoms with Gasteiger partial charge in [0.05, 0.1) is 23.0 Å². The Kier molecular flexibility index (Phi) is 5.76. The molecule has 0 spiro atoms. The number of rotatable bonds is 4. The molecule has 3 nitrogen and oxygen atoms in total. The van der Waals surface area contributed by atoms with Crippen molar-refractivity contribution in [3.8, 4) is 0 Å². The van der Waals surface area contributed by atoms with Crippen molar-refractivity contribution in [2.75, 3.05) is 0 Å². The van der Waals surface area contributed by atoms with Crippen molar-refractivity contribution in [2.24, 2.45) is 23.7 Å². The van der Waals surface area contributed by atoms with Gasteiger partial charge in [-0.15, -0.1) is 0 Å². The molecule has 2 saturated carbocycles. The molecule has 4 unspecified atom stereocenters. The summed E-state index contributed by atoms with van der Waals surface area (Å²) in [5, 5.41) is 23.3. The van der Waals surface area contributed by atoms with Gasteiger partial charge in [-0.2, -0.15) is 0 Å². The van der Waals surface area contributed by atoms with Crippen LogP contribution in [0, 0.1) is 23.7 Å². The van der Waals surface area contributed by atoms with Crippen molar-refractivity contribution in [3.63, 3.8) is 0 Å². The largest absolute Gasteiger partial charge is 0.384 e. The highest BCUT2D eigenvalue weighted by Crippen LogP contribution is 2.46. The van der Waals surface area contributed by atoms with Crippen molar-refractivity contribution in [1.29, 1.82) is 0 Å². The quantitative estimate of drug-likeness (QED) is 0.743. The molecule has 4 aliphatic rings. The normalized spacial score (nSPS) is 39.4. The first-order valence-corrected chi connectivity index (χ1v) is 11.3. The molecule has 0 aromatic heterocycles. The fourth-order valence-corrected chi connectivity index (χ4v) is 6.03. The lowest BCUT2D eigenvalue weighted by molar-refractivity contribution is -0.142. The molecule has 4 aliphatic carbocycles. The third-order valence-electron chi connectivity index (χ3n) is 7.68. The van der Waals surface area contributed by atoms with E-state index >= 15 is 0 Å². The van der Waals surface area contributed by atoms with Crippen LogP contribution >= 0.6 is 0 Å². The Labute approximate surface area is 168 Å². The lowest BCUT2D eigenvalue weighted by Crippen LogP contribution is -2.54. The summed E-state index contributed by atoms with van der Waals surface area (Å²) in [5.41, 5.74) is -2.26. The Hall–Kier alpha value is -1.45. The molecular weight excluding hydrogens is 348 g/mol. The SMILES string of the molecule is O=C(C1C=CC=CC1(O)C1CCCCC1)C1C=CC=CC1(O)C1CCCCC1. The van der Waals surface area contributed by atoms with Crippen LogP contribution in [0.15, 0.2) is 48.6 Å². The predicted octanol–water partition coefficient (Wildman–Crippen LogP) is 4.66. The lowest BCUT2D eigenvalue weighted by atomic mass is 9.61. The van der Waals surface area contributed by atoms with Gasteiger partial charge in [-0.05, 0) is 37.5 Å². The zero-order valence-corrected chi connectivity index (χ0v) is 16.8. The van der Waals surface area contributed by atoms with E-state index in [0.29, 0.717) is 0 Å². The maximum absolute atomic E-state index is 13.8. The first-order valence-electron chi connectivity index (χ1n) is 11.3. The van der Waals surface area contributed by atoms with E-state index in [0.717, 1.165) is 51.4 Å². The highest BCUT2D eigenvalue weighted by atomic mass is 16.3. The molecule has 0 radical (unpaired) electrons. The van der Waals surface area contributed by atoms with Crippen LogP contribution < -0.4 is 0 Å². The van der Waals surface area contributed by atoms with Crippen molar-refractivity contribution in [1.82, 2.24) is 0 Å². The van der Waals surface area contributed by atoms with Gasteiger partial charge < -0.3 is 10.2 Å². The lowest BCUT2D eigenvalue weighted by Gasteiger charge is -2.46. The van der Waals surface area contributed by atoms with Gasteiger partial charge in [0, 0.05) is 0 Å². The van der Waals surface area contributed by atoms with Crippen LogP contribution in [-0.4, -0.2) is 27.2 Å². The molecule has 3 heteroatoms. The number of hydrogen-bond acceptors (Lipinski definition) is 3. The van der Waals surface area contributed by atoms with Gasteiger partial charge in [0.25, 0.3) is 0 Å². The van der Waals surface area contributed by atoms with Gasteiger partial charge in [0.15, 0.2) is 5.78 Å². The standard InChI is InChI=1S/C25H34O3/c26-23(21-15-7-9-17-24(21,27)19-11-3-1-4-12-19)22-16-8-10-18-25(22,28)20-13-5-2-6-14-20/h7-10,15-22,27-28H,1-6,11-14H2. The number of aliphatic hydroxyl groups is 2. The van der Waals surface area contributed by atoms with Crippen molar-refractivity contribution < 1.29 is 15.0 Å². The first kappa shape index (κ1) is 19.8. The smallest absolute Gasteiger partial charge is 0.153 e. The summed E-state index contributed by atoms with van der Waals surface area (Å²) >= 11 is 0. The Morgan fingerprint density at radius 1 is 0.643 bits per heavy atom. The number of Topliss-reactive ketones (excluding diaryl/α,β-unsaturated/α-hetero) is 1. The fourth-order valence-electron chi connectivity index (χ4n) is 6.03. The predicted molar refractivity (Wildman–Crippen MR) is 112 cm³/mol. The van der Waals surface area contributed by atoms with Crippen molar-refractivity contribution in [3.05, 3.63) is 48.6 Å². The minimum Gasteiger partial charge on any atom is -0.384 e. The molecular formula is C25H34O3. The monoisotopic (exact) mass is 382 g/mol. The molecule has 4 atom stereocenters. The molecule has 0 amide bonds. The van der Waals surface area contributed by atoms with E-state index in [9.17, 15) is 15.0 Å². The minimum atomic E-state index is -1.13. The average molecular weight is 383 g/mol. The van der Waals surface area contributed by atoms with Crippen LogP contribution in [0.3, 0.4) is 0 Å². The van der Waals surface area contributed by atoms with Crippen LogP contribution in [0.1, 0.15) is 64.2 Å². The third-order valence-corrected chi connectivity index (χ3v) is 7.68. The van der Waals surface area contributed by atoms with Crippen LogP contribution in [0.4, 0.5) is 0 Å². The maximum Gasteiger partial charge on any atom is 0.153 e. The van der Waals surface area contributed by atoms with E-state index in [1.54, 1.807) is 0 Å². The summed E-state index contributed by atoms with van der Waals surface area (Å²) in [6.45, 7) is 0. The Bertz CT molecular complexity index is 633. The van der Waals surface area contributed by atoms with Crippen LogP contribution in [-0.2, 0) is 4.79 Å². The number of ketones is 1. The summed E-state index contributed by atoms with van der Waals surface area (Å²) in [6.07, 6.45) is 25.7. The molecule has 28 heavy (non-hydrogen) atoms. The highest BCUT2D eigenvalue weighted by molar-refractivity contribution is 5.90. The summed E-state index contributed by atoms with van der Waals surface area (Å²) < 4.78 is 0. The van der Waals surface area contributed by atoms with Gasteiger partial charge in [0.2, 0.25) is 0 Å². The highest BCUT2D eigenvalue weighted by Gasteiger charge is 2.52. The first-order chi connectivity index (χ1) is 13.6. The maximum atomic E-state index is 13.8. The second-order valence-corrected chi connectivity index (χ2v) is 9.29. The summed E-state index contributed by atoms with van der Waals surface area (Å²) in [7, 11) is 0. The number of hydrogen-bond donors (Lipinski definition) is 2. The van der Waals surface area contributed by atoms with Crippen LogP contribution in [0.2, 0.25) is 0 Å². The van der Waals surface area contributed by atoms with Crippen LogP contribution in [0.5, 0.6) is 0 Å². The zero-order chi connectivity index (χ0) is 19.6. The van der Waals surface area contributed by atoms with Gasteiger partial charge in [0.1, 0.15) is 0 Å². The number of allylic oxidation sites excluding steroid dienone is 4. The van der Waals surface area contributed by atoms with E-state index in [1.807, 2.05) is 48.6 Å². The van der Waals surface area contributed by atoms with E-state index in [4.69, 9.17) is 0 Å². The second kappa shape index (κ2) is 8.12. The fraction of sp³-hybridized carbons (Fsp3) is 0.640.